The number of fused-ring (bicyclic) bond motifs is 1. The minimum absolute atomic E-state index is 0.0355. The first-order chi connectivity index (χ1) is 10.2. The van der Waals surface area contributed by atoms with Gasteiger partial charge < -0.3 is 9.53 Å². The fraction of sp³-hybridized carbons (Fsp3) is 0.500. The molecule has 118 valence electrons. The first-order valence-corrected chi connectivity index (χ1v) is 7.51. The molecule has 1 aromatic rings. The summed E-state index contributed by atoms with van der Waals surface area (Å²) in [4.78, 5) is 36.9. The van der Waals surface area contributed by atoms with Crippen LogP contribution in [0.1, 0.15) is 56.5 Å². The number of Topliss-reactive ketones (excluding diaryl/α,β-unsaturated/α-hetero) is 2. The second kappa shape index (κ2) is 5.67. The van der Waals surface area contributed by atoms with Gasteiger partial charge in [-0.3, -0.25) is 9.59 Å². The maximum absolute atomic E-state index is 12.8. The predicted octanol–water partition coefficient (Wildman–Crippen LogP) is 3.12. The zero-order chi connectivity index (χ0) is 16.5. The van der Waals surface area contributed by atoms with Crippen LogP contribution < -0.4 is 0 Å². The number of benzene rings is 1. The van der Waals surface area contributed by atoms with Crippen molar-refractivity contribution < 1.29 is 19.1 Å². The molecule has 22 heavy (non-hydrogen) atoms. The number of ketones is 2. The molecule has 0 saturated carbocycles. The minimum Gasteiger partial charge on any atom is -0.459 e. The molecule has 1 unspecified atom stereocenters. The van der Waals surface area contributed by atoms with Gasteiger partial charge in [0, 0.05) is 12.0 Å². The van der Waals surface area contributed by atoms with Gasteiger partial charge in [-0.25, -0.2) is 0 Å². The quantitative estimate of drug-likeness (QED) is 0.633. The number of rotatable bonds is 4. The highest BCUT2D eigenvalue weighted by Gasteiger charge is 2.53. The monoisotopic (exact) mass is 302 g/mol. The number of ether oxygens (including phenoxy) is 1. The van der Waals surface area contributed by atoms with Crippen LogP contribution in [0, 0.1) is 5.41 Å². The van der Waals surface area contributed by atoms with Crippen LogP contribution >= 0.6 is 0 Å². The van der Waals surface area contributed by atoms with Gasteiger partial charge in [-0.2, -0.15) is 0 Å². The van der Waals surface area contributed by atoms with Crippen molar-refractivity contribution in [2.75, 3.05) is 0 Å². The fourth-order valence-electron chi connectivity index (χ4n) is 2.79. The van der Waals surface area contributed by atoms with Crippen LogP contribution in [0.3, 0.4) is 0 Å². The van der Waals surface area contributed by atoms with Crippen molar-refractivity contribution in [2.45, 2.75) is 52.6 Å². The average Bonchev–Trinajstić information content (AvgIpc) is 2.69. The van der Waals surface area contributed by atoms with Crippen molar-refractivity contribution >= 4 is 17.5 Å². The van der Waals surface area contributed by atoms with Gasteiger partial charge >= 0.3 is 5.97 Å². The molecule has 0 aromatic heterocycles. The van der Waals surface area contributed by atoms with E-state index in [4.69, 9.17) is 4.74 Å². The van der Waals surface area contributed by atoms with Crippen LogP contribution in [0.25, 0.3) is 0 Å². The molecule has 2 rings (SSSR count). The Morgan fingerprint density at radius 1 is 1.23 bits per heavy atom. The minimum atomic E-state index is -1.26. The summed E-state index contributed by atoms with van der Waals surface area (Å²) >= 11 is 0. The molecule has 0 amide bonds. The second-order valence-electron chi connectivity index (χ2n) is 6.95. The van der Waals surface area contributed by atoms with Crippen molar-refractivity contribution in [3.8, 4) is 0 Å². The summed E-state index contributed by atoms with van der Waals surface area (Å²) in [5.41, 5.74) is -0.517. The van der Waals surface area contributed by atoms with Crippen LogP contribution in [0.15, 0.2) is 24.3 Å². The van der Waals surface area contributed by atoms with Crippen molar-refractivity contribution in [1.82, 2.24) is 0 Å². The zero-order valence-electron chi connectivity index (χ0n) is 13.6. The maximum atomic E-state index is 12.8. The van der Waals surface area contributed by atoms with Crippen LogP contribution in [0.4, 0.5) is 0 Å². The lowest BCUT2D eigenvalue weighted by Gasteiger charge is -2.29. The van der Waals surface area contributed by atoms with Crippen molar-refractivity contribution in [3.63, 3.8) is 0 Å². The zero-order valence-corrected chi connectivity index (χ0v) is 13.6. The summed E-state index contributed by atoms with van der Waals surface area (Å²) in [6, 6.07) is 7.22. The molecule has 1 atom stereocenters. The molecule has 0 aliphatic heterocycles. The average molecular weight is 302 g/mol. The summed E-state index contributed by atoms with van der Waals surface area (Å²) in [5.74, 6) is -0.785. The summed E-state index contributed by atoms with van der Waals surface area (Å²) < 4.78 is 5.49. The summed E-state index contributed by atoms with van der Waals surface area (Å²) in [6.07, 6.45) is 0.702. The molecular formula is C18H22O4. The van der Waals surface area contributed by atoms with Gasteiger partial charge in [0.15, 0.2) is 5.78 Å². The molecule has 0 fully saturated rings. The van der Waals surface area contributed by atoms with E-state index in [2.05, 4.69) is 0 Å². The third-order valence-corrected chi connectivity index (χ3v) is 3.88. The molecule has 0 heterocycles. The van der Waals surface area contributed by atoms with Gasteiger partial charge in [-0.05, 0) is 46.1 Å². The highest BCUT2D eigenvalue weighted by atomic mass is 16.6. The van der Waals surface area contributed by atoms with Crippen LogP contribution in [-0.4, -0.2) is 23.1 Å². The summed E-state index contributed by atoms with van der Waals surface area (Å²) in [6.45, 7) is 6.79. The Morgan fingerprint density at radius 3 is 2.41 bits per heavy atom. The van der Waals surface area contributed by atoms with E-state index in [1.165, 1.54) is 6.92 Å². The van der Waals surface area contributed by atoms with E-state index in [9.17, 15) is 14.4 Å². The molecular weight excluding hydrogens is 280 g/mol. The molecule has 4 heteroatoms. The van der Waals surface area contributed by atoms with Crippen LogP contribution in [0.2, 0.25) is 0 Å². The highest BCUT2D eigenvalue weighted by molar-refractivity contribution is 6.16. The predicted molar refractivity (Wildman–Crippen MR) is 82.7 cm³/mol. The van der Waals surface area contributed by atoms with Crippen LogP contribution in [-0.2, 0) is 20.7 Å². The maximum Gasteiger partial charge on any atom is 0.320 e. The van der Waals surface area contributed by atoms with E-state index >= 15 is 0 Å². The molecule has 1 aliphatic rings. The van der Waals surface area contributed by atoms with Gasteiger partial charge in [-0.1, -0.05) is 24.3 Å². The molecule has 0 bridgehead atoms. The lowest BCUT2D eigenvalue weighted by Crippen LogP contribution is -2.42. The van der Waals surface area contributed by atoms with Gasteiger partial charge in [0.2, 0.25) is 0 Å². The summed E-state index contributed by atoms with van der Waals surface area (Å²) in [7, 11) is 0. The second-order valence-corrected chi connectivity index (χ2v) is 6.95. The van der Waals surface area contributed by atoms with Crippen LogP contribution in [0.5, 0.6) is 0 Å². The van der Waals surface area contributed by atoms with Gasteiger partial charge in [0.1, 0.15) is 16.8 Å². The smallest absolute Gasteiger partial charge is 0.320 e. The molecule has 4 nitrogen and oxygen atoms in total. The first-order valence-electron chi connectivity index (χ1n) is 7.51. The number of carbonyl (C=O) groups is 3. The van der Waals surface area contributed by atoms with E-state index in [0.29, 0.717) is 12.0 Å². The van der Waals surface area contributed by atoms with Crippen molar-refractivity contribution in [1.29, 1.82) is 0 Å². The molecule has 0 N–H and O–H groups in total. The third kappa shape index (κ3) is 3.11. The Kier molecular flexibility index (Phi) is 4.23. The SMILES string of the molecule is CC(=O)CCC1(C(=O)OC(C)(C)C)Cc2ccccc2C1=O. The van der Waals surface area contributed by atoms with E-state index in [-0.39, 0.29) is 24.4 Å². The Balaban J connectivity index is 2.39. The van der Waals surface area contributed by atoms with E-state index in [0.717, 1.165) is 5.56 Å². The van der Waals surface area contributed by atoms with Crippen molar-refractivity contribution in [3.05, 3.63) is 35.4 Å². The first kappa shape index (κ1) is 16.4. The van der Waals surface area contributed by atoms with E-state index < -0.39 is 17.0 Å². The van der Waals surface area contributed by atoms with Gasteiger partial charge in [-0.15, -0.1) is 0 Å². The number of hydrogen-bond donors (Lipinski definition) is 0. The van der Waals surface area contributed by atoms with E-state index in [1.807, 2.05) is 12.1 Å². The lowest BCUT2D eigenvalue weighted by molar-refractivity contribution is -0.164. The largest absolute Gasteiger partial charge is 0.459 e. The molecule has 0 spiro atoms. The number of carbonyl (C=O) groups excluding carboxylic acids is 3. The highest BCUT2D eigenvalue weighted by Crippen LogP contribution is 2.42. The van der Waals surface area contributed by atoms with Gasteiger partial charge in [0.05, 0.1) is 0 Å². The Hall–Kier alpha value is -1.97. The fourth-order valence-corrected chi connectivity index (χ4v) is 2.79. The van der Waals surface area contributed by atoms with Gasteiger partial charge in [0.25, 0.3) is 0 Å². The molecule has 1 aromatic carbocycles. The number of esters is 1. The molecule has 0 saturated heterocycles. The van der Waals surface area contributed by atoms with Crippen molar-refractivity contribution in [2.24, 2.45) is 5.41 Å². The lowest BCUT2D eigenvalue weighted by atomic mass is 9.78. The Morgan fingerprint density at radius 2 is 1.86 bits per heavy atom. The molecule has 1 aliphatic carbocycles. The normalized spacial score (nSPS) is 20.6. The topological polar surface area (TPSA) is 60.4 Å². The number of hydrogen-bond acceptors (Lipinski definition) is 4. The standard InChI is InChI=1S/C18H22O4/c1-12(19)9-10-18(16(21)22-17(2,3)4)11-13-7-5-6-8-14(13)15(18)20/h5-8H,9-11H2,1-4H3. The third-order valence-electron chi connectivity index (χ3n) is 3.88. The summed E-state index contributed by atoms with van der Waals surface area (Å²) in [5, 5.41) is 0. The van der Waals surface area contributed by atoms with E-state index in [1.54, 1.807) is 32.9 Å². The molecule has 0 radical (unpaired) electrons. The Labute approximate surface area is 130 Å². The Bertz CT molecular complexity index is 624.